The molecule has 1 heterocycles. The number of carbonyl (C=O) groups excluding carboxylic acids is 1. The van der Waals surface area contributed by atoms with Gasteiger partial charge < -0.3 is 9.73 Å². The molecule has 0 saturated carbocycles. The number of aromatic nitrogens is 1. The van der Waals surface area contributed by atoms with Gasteiger partial charge >= 0.3 is 5.76 Å². The smallest absolute Gasteiger partial charge is 0.408 e. The minimum Gasteiger partial charge on any atom is -0.408 e. The van der Waals surface area contributed by atoms with Gasteiger partial charge in [-0.15, -0.1) is 0 Å². The molecule has 1 amide bonds. The molecule has 1 aromatic carbocycles. The minimum atomic E-state index is -3.71. The Balaban J connectivity index is 2.14. The number of sulfonamides is 1. The summed E-state index contributed by atoms with van der Waals surface area (Å²) in [5.74, 6) is -0.880. The summed E-state index contributed by atoms with van der Waals surface area (Å²) in [4.78, 5) is 24.0. The first-order valence-corrected chi connectivity index (χ1v) is 7.24. The molecule has 0 fully saturated rings. The maximum atomic E-state index is 12.0. The molecule has 108 valence electrons. The average molecular weight is 299 g/mol. The van der Waals surface area contributed by atoms with Gasteiger partial charge in [0.05, 0.1) is 10.4 Å². The van der Waals surface area contributed by atoms with Crippen LogP contribution < -0.4 is 15.8 Å². The number of carbonyl (C=O) groups is 1. The van der Waals surface area contributed by atoms with E-state index >= 15 is 0 Å². The Morgan fingerprint density at radius 1 is 1.35 bits per heavy atom. The van der Waals surface area contributed by atoms with Crippen molar-refractivity contribution in [3.8, 4) is 0 Å². The van der Waals surface area contributed by atoms with Gasteiger partial charge in [-0.1, -0.05) is 0 Å². The molecule has 0 aliphatic carbocycles. The molecule has 1 aromatic heterocycles. The van der Waals surface area contributed by atoms with Crippen LogP contribution in [0.4, 0.5) is 0 Å². The van der Waals surface area contributed by atoms with E-state index < -0.39 is 15.8 Å². The zero-order valence-corrected chi connectivity index (χ0v) is 11.4. The number of hydrogen-bond donors (Lipinski definition) is 3. The molecule has 8 nitrogen and oxygen atoms in total. The number of nitrogens with one attached hydrogen (secondary N) is 3. The lowest BCUT2D eigenvalue weighted by molar-refractivity contribution is -0.118. The SMILES string of the molecule is CC(=O)NCCNS(=O)(=O)c1ccc2oc(=O)[nH]c2c1. The van der Waals surface area contributed by atoms with Crippen LogP contribution in [-0.2, 0) is 14.8 Å². The maximum Gasteiger partial charge on any atom is 0.417 e. The van der Waals surface area contributed by atoms with Crippen molar-refractivity contribution < 1.29 is 17.6 Å². The van der Waals surface area contributed by atoms with Gasteiger partial charge in [0.15, 0.2) is 5.58 Å². The summed E-state index contributed by atoms with van der Waals surface area (Å²) in [5, 5.41) is 2.47. The van der Waals surface area contributed by atoms with Crippen molar-refractivity contribution in [2.75, 3.05) is 13.1 Å². The summed E-state index contributed by atoms with van der Waals surface area (Å²) in [7, 11) is -3.71. The lowest BCUT2D eigenvalue weighted by Gasteiger charge is -2.06. The molecular formula is C11H13N3O5S. The molecule has 9 heteroatoms. The Morgan fingerprint density at radius 2 is 2.10 bits per heavy atom. The summed E-state index contributed by atoms with van der Waals surface area (Å²) in [6.07, 6.45) is 0. The number of H-pyrrole nitrogens is 1. The molecule has 0 unspecified atom stereocenters. The van der Waals surface area contributed by atoms with Crippen molar-refractivity contribution in [1.82, 2.24) is 15.0 Å². The molecule has 0 saturated heterocycles. The highest BCUT2D eigenvalue weighted by atomic mass is 32.2. The van der Waals surface area contributed by atoms with Crippen LogP contribution in [0.3, 0.4) is 0 Å². The minimum absolute atomic E-state index is 0.00451. The number of oxazole rings is 1. The molecule has 2 rings (SSSR count). The fraction of sp³-hybridized carbons (Fsp3) is 0.273. The maximum absolute atomic E-state index is 12.0. The van der Waals surface area contributed by atoms with Gasteiger partial charge in [0.2, 0.25) is 15.9 Å². The summed E-state index contributed by atoms with van der Waals surface area (Å²) in [5.41, 5.74) is 0.590. The predicted molar refractivity (Wildman–Crippen MR) is 70.7 cm³/mol. The second-order valence-electron chi connectivity index (χ2n) is 4.05. The van der Waals surface area contributed by atoms with E-state index in [1.807, 2.05) is 0 Å². The topological polar surface area (TPSA) is 121 Å². The van der Waals surface area contributed by atoms with Crippen LogP contribution in [0, 0.1) is 0 Å². The highest BCUT2D eigenvalue weighted by Gasteiger charge is 2.15. The summed E-state index contributed by atoms with van der Waals surface area (Å²) in [6.45, 7) is 1.61. The van der Waals surface area contributed by atoms with Gasteiger partial charge in [0.25, 0.3) is 0 Å². The quantitative estimate of drug-likeness (QED) is 0.645. The Hall–Kier alpha value is -2.13. The third-order valence-electron chi connectivity index (χ3n) is 2.49. The van der Waals surface area contributed by atoms with Gasteiger partial charge in [-0.3, -0.25) is 9.78 Å². The van der Waals surface area contributed by atoms with Crippen molar-refractivity contribution >= 4 is 27.0 Å². The highest BCUT2D eigenvalue weighted by Crippen LogP contribution is 2.15. The van der Waals surface area contributed by atoms with Crippen molar-refractivity contribution in [2.45, 2.75) is 11.8 Å². The molecule has 0 radical (unpaired) electrons. The fourth-order valence-corrected chi connectivity index (χ4v) is 2.66. The van der Waals surface area contributed by atoms with Crippen LogP contribution in [-0.4, -0.2) is 32.4 Å². The van der Waals surface area contributed by atoms with Gasteiger partial charge in [-0.2, -0.15) is 0 Å². The normalized spacial score (nSPS) is 11.7. The monoisotopic (exact) mass is 299 g/mol. The lowest BCUT2D eigenvalue weighted by atomic mass is 10.3. The first-order valence-electron chi connectivity index (χ1n) is 5.75. The first kappa shape index (κ1) is 14.3. The Bertz CT molecular complexity index is 790. The number of fused-ring (bicyclic) bond motifs is 1. The van der Waals surface area contributed by atoms with Crippen molar-refractivity contribution in [1.29, 1.82) is 0 Å². The van der Waals surface area contributed by atoms with Crippen LogP contribution >= 0.6 is 0 Å². The van der Waals surface area contributed by atoms with Crippen molar-refractivity contribution in [3.63, 3.8) is 0 Å². The highest BCUT2D eigenvalue weighted by molar-refractivity contribution is 7.89. The predicted octanol–water partition coefficient (Wildman–Crippen LogP) is -0.465. The Kier molecular flexibility index (Phi) is 3.91. The number of rotatable bonds is 5. The van der Waals surface area contributed by atoms with Crippen LogP contribution in [0.5, 0.6) is 0 Å². The third kappa shape index (κ3) is 3.25. The van der Waals surface area contributed by atoms with E-state index in [4.69, 9.17) is 4.42 Å². The molecular weight excluding hydrogens is 286 g/mol. The number of amides is 1. The van der Waals surface area contributed by atoms with E-state index in [0.29, 0.717) is 5.52 Å². The molecule has 0 aliphatic heterocycles. The molecule has 0 spiro atoms. The molecule has 0 bridgehead atoms. The Morgan fingerprint density at radius 3 is 2.80 bits per heavy atom. The fourth-order valence-electron chi connectivity index (χ4n) is 1.61. The van der Waals surface area contributed by atoms with E-state index in [1.54, 1.807) is 0 Å². The van der Waals surface area contributed by atoms with E-state index in [-0.39, 0.29) is 29.5 Å². The zero-order valence-electron chi connectivity index (χ0n) is 10.6. The molecule has 20 heavy (non-hydrogen) atoms. The standard InChI is InChI=1S/C11H13N3O5S/c1-7(15)12-4-5-13-20(17,18)8-2-3-10-9(6-8)14-11(16)19-10/h2-3,6,13H,4-5H2,1H3,(H,12,15)(H,14,16). The second kappa shape index (κ2) is 5.47. The van der Waals surface area contributed by atoms with Crippen LogP contribution in [0.25, 0.3) is 11.1 Å². The first-order chi connectivity index (χ1) is 9.38. The zero-order chi connectivity index (χ0) is 14.8. The number of benzene rings is 1. The van der Waals surface area contributed by atoms with Crippen molar-refractivity contribution in [2.24, 2.45) is 0 Å². The number of hydrogen-bond acceptors (Lipinski definition) is 5. The van der Waals surface area contributed by atoms with E-state index in [0.717, 1.165) is 0 Å². The van der Waals surface area contributed by atoms with E-state index in [2.05, 4.69) is 15.0 Å². The van der Waals surface area contributed by atoms with Gasteiger partial charge in [-0.25, -0.2) is 17.9 Å². The number of aromatic amines is 1. The second-order valence-corrected chi connectivity index (χ2v) is 5.82. The third-order valence-corrected chi connectivity index (χ3v) is 3.95. The van der Waals surface area contributed by atoms with Crippen molar-refractivity contribution in [3.05, 3.63) is 28.7 Å². The molecule has 2 aromatic rings. The lowest BCUT2D eigenvalue weighted by Crippen LogP contribution is -2.33. The van der Waals surface area contributed by atoms with Gasteiger partial charge in [0, 0.05) is 20.0 Å². The summed E-state index contributed by atoms with van der Waals surface area (Å²) < 4.78 is 31.1. The molecule has 0 atom stereocenters. The van der Waals surface area contributed by atoms with Crippen LogP contribution in [0.1, 0.15) is 6.92 Å². The Labute approximate surface area is 114 Å². The van der Waals surface area contributed by atoms with E-state index in [9.17, 15) is 18.0 Å². The van der Waals surface area contributed by atoms with E-state index in [1.165, 1.54) is 25.1 Å². The largest absolute Gasteiger partial charge is 0.417 e. The van der Waals surface area contributed by atoms with Crippen LogP contribution in [0.2, 0.25) is 0 Å². The van der Waals surface area contributed by atoms with Crippen LogP contribution in [0.15, 0.2) is 32.3 Å². The summed E-state index contributed by atoms with van der Waals surface area (Å²) >= 11 is 0. The average Bonchev–Trinajstić information content (AvgIpc) is 2.73. The van der Waals surface area contributed by atoms with Gasteiger partial charge in [-0.05, 0) is 18.2 Å². The van der Waals surface area contributed by atoms with Gasteiger partial charge in [0.1, 0.15) is 0 Å². The molecule has 0 aliphatic rings. The summed E-state index contributed by atoms with van der Waals surface area (Å²) in [6, 6.07) is 4.04. The molecule has 3 N–H and O–H groups in total.